The number of nitrogens with one attached hydrogen (secondary N) is 1. The number of anilines is 1. The lowest BCUT2D eigenvalue weighted by atomic mass is 10.3. The van der Waals surface area contributed by atoms with Gasteiger partial charge < -0.3 is 5.32 Å². The Morgan fingerprint density at radius 1 is 1.36 bits per heavy atom. The summed E-state index contributed by atoms with van der Waals surface area (Å²) in [6.07, 6.45) is 0. The van der Waals surface area contributed by atoms with E-state index in [1.807, 2.05) is 0 Å². The van der Waals surface area contributed by atoms with Gasteiger partial charge in [0, 0.05) is 22.8 Å². The van der Waals surface area contributed by atoms with E-state index in [2.05, 4.69) is 5.32 Å². The van der Waals surface area contributed by atoms with Crippen LogP contribution in [-0.2, 0) is 0 Å². The number of hydrogen-bond acceptors (Lipinski definition) is 2. The summed E-state index contributed by atoms with van der Waals surface area (Å²) in [7, 11) is 1.64. The second-order valence-electron chi connectivity index (χ2n) is 2.70. The lowest BCUT2D eigenvalue weighted by molar-refractivity contribution is 0.548. The molecule has 0 unspecified atom stereocenters. The van der Waals surface area contributed by atoms with Crippen molar-refractivity contribution in [3.05, 3.63) is 28.2 Å². The van der Waals surface area contributed by atoms with Gasteiger partial charge in [-0.25, -0.2) is 5.84 Å². The van der Waals surface area contributed by atoms with Crippen LogP contribution in [0.2, 0.25) is 10.0 Å². The predicted molar refractivity (Wildman–Crippen MR) is 64.6 cm³/mol. The number of nitrogens with two attached hydrogens (primary N) is 1. The standard InChI is InChI=1S/C8H9Cl2N3S/c1-13(11)8(14)12-7-3-5(9)2-6(10)4-7/h2-4H,11H2,1H3,(H,12,14). The number of benzene rings is 1. The molecule has 3 N–H and O–H groups in total. The van der Waals surface area contributed by atoms with Crippen LogP contribution >= 0.6 is 35.4 Å². The molecule has 0 radical (unpaired) electrons. The summed E-state index contributed by atoms with van der Waals surface area (Å²) >= 11 is 16.6. The molecular formula is C8H9Cl2N3S. The summed E-state index contributed by atoms with van der Waals surface area (Å²) in [4.78, 5) is 0. The van der Waals surface area contributed by atoms with Crippen LogP contribution in [0.15, 0.2) is 18.2 Å². The number of hydrogen-bond donors (Lipinski definition) is 2. The minimum Gasteiger partial charge on any atom is -0.331 e. The van der Waals surface area contributed by atoms with Crippen molar-refractivity contribution in [2.75, 3.05) is 12.4 Å². The van der Waals surface area contributed by atoms with Crippen molar-refractivity contribution in [2.45, 2.75) is 0 Å². The molecule has 1 aromatic carbocycles. The van der Waals surface area contributed by atoms with Gasteiger partial charge in [-0.05, 0) is 30.4 Å². The zero-order chi connectivity index (χ0) is 10.7. The molecule has 0 atom stereocenters. The zero-order valence-electron chi connectivity index (χ0n) is 7.42. The molecule has 0 spiro atoms. The first-order valence-electron chi connectivity index (χ1n) is 3.74. The average molecular weight is 250 g/mol. The number of hydrazine groups is 1. The third-order valence-electron chi connectivity index (χ3n) is 1.43. The van der Waals surface area contributed by atoms with E-state index < -0.39 is 0 Å². The Morgan fingerprint density at radius 2 is 1.86 bits per heavy atom. The molecule has 0 fully saturated rings. The fourth-order valence-electron chi connectivity index (χ4n) is 0.838. The minimum atomic E-state index is 0.392. The Bertz CT molecular complexity index is 334. The lowest BCUT2D eigenvalue weighted by Crippen LogP contribution is -2.36. The first-order chi connectivity index (χ1) is 6.49. The van der Waals surface area contributed by atoms with Gasteiger partial charge in [0.15, 0.2) is 5.11 Å². The van der Waals surface area contributed by atoms with Gasteiger partial charge in [0.25, 0.3) is 0 Å². The van der Waals surface area contributed by atoms with E-state index in [4.69, 9.17) is 41.3 Å². The molecule has 0 saturated carbocycles. The third kappa shape index (κ3) is 3.31. The van der Waals surface area contributed by atoms with Crippen LogP contribution in [0, 0.1) is 0 Å². The van der Waals surface area contributed by atoms with Gasteiger partial charge in [-0.15, -0.1) is 0 Å². The predicted octanol–water partition coefficient (Wildman–Crippen LogP) is 2.50. The van der Waals surface area contributed by atoms with Crippen LogP contribution in [0.1, 0.15) is 0 Å². The van der Waals surface area contributed by atoms with Crippen molar-refractivity contribution >= 4 is 46.2 Å². The van der Waals surface area contributed by atoms with Gasteiger partial charge in [-0.2, -0.15) is 0 Å². The monoisotopic (exact) mass is 249 g/mol. The van der Waals surface area contributed by atoms with E-state index in [-0.39, 0.29) is 0 Å². The van der Waals surface area contributed by atoms with Crippen molar-refractivity contribution in [3.63, 3.8) is 0 Å². The highest BCUT2D eigenvalue weighted by molar-refractivity contribution is 7.80. The highest BCUT2D eigenvalue weighted by Gasteiger charge is 2.02. The van der Waals surface area contributed by atoms with Crippen molar-refractivity contribution in [1.29, 1.82) is 0 Å². The summed E-state index contributed by atoms with van der Waals surface area (Å²) in [5.41, 5.74) is 0.713. The highest BCUT2D eigenvalue weighted by Crippen LogP contribution is 2.22. The Balaban J connectivity index is 2.82. The Hall–Kier alpha value is -0.550. The van der Waals surface area contributed by atoms with Gasteiger partial charge in [0.2, 0.25) is 0 Å². The molecule has 0 aromatic heterocycles. The van der Waals surface area contributed by atoms with Gasteiger partial charge >= 0.3 is 0 Å². The van der Waals surface area contributed by atoms with Crippen LogP contribution in [0.4, 0.5) is 5.69 Å². The Morgan fingerprint density at radius 3 is 2.29 bits per heavy atom. The van der Waals surface area contributed by atoms with Crippen LogP contribution in [0.3, 0.4) is 0 Å². The van der Waals surface area contributed by atoms with E-state index in [1.165, 1.54) is 5.01 Å². The lowest BCUT2D eigenvalue weighted by Gasteiger charge is -2.15. The molecule has 76 valence electrons. The van der Waals surface area contributed by atoms with Crippen molar-refractivity contribution in [3.8, 4) is 0 Å². The Kier molecular flexibility index (Phi) is 3.95. The highest BCUT2D eigenvalue weighted by atomic mass is 35.5. The van der Waals surface area contributed by atoms with E-state index in [1.54, 1.807) is 25.2 Å². The number of nitrogens with zero attached hydrogens (tertiary/aromatic N) is 1. The molecule has 0 aliphatic heterocycles. The molecule has 14 heavy (non-hydrogen) atoms. The summed E-state index contributed by atoms with van der Waals surface area (Å²) in [6.45, 7) is 0. The maximum absolute atomic E-state index is 5.80. The van der Waals surface area contributed by atoms with E-state index in [0.717, 1.165) is 0 Å². The zero-order valence-corrected chi connectivity index (χ0v) is 9.75. The summed E-state index contributed by atoms with van der Waals surface area (Å²) < 4.78 is 0. The molecule has 1 aromatic rings. The normalized spacial score (nSPS) is 9.71. The summed E-state index contributed by atoms with van der Waals surface area (Å²) in [6, 6.07) is 5.07. The van der Waals surface area contributed by atoms with Gasteiger partial charge in [-0.1, -0.05) is 23.2 Å². The van der Waals surface area contributed by atoms with Crippen LogP contribution in [0.5, 0.6) is 0 Å². The SMILES string of the molecule is CN(N)C(=S)Nc1cc(Cl)cc(Cl)c1. The second kappa shape index (κ2) is 4.79. The maximum Gasteiger partial charge on any atom is 0.187 e. The van der Waals surface area contributed by atoms with Gasteiger partial charge in [-0.3, -0.25) is 5.01 Å². The summed E-state index contributed by atoms with van der Waals surface area (Å²) in [5, 5.41) is 5.66. The number of thiocarbonyl (C=S) groups is 1. The van der Waals surface area contributed by atoms with Crippen molar-refractivity contribution < 1.29 is 0 Å². The first kappa shape index (κ1) is 11.5. The largest absolute Gasteiger partial charge is 0.331 e. The van der Waals surface area contributed by atoms with Gasteiger partial charge in [0.05, 0.1) is 0 Å². The number of rotatable bonds is 1. The smallest absolute Gasteiger partial charge is 0.187 e. The molecule has 0 heterocycles. The van der Waals surface area contributed by atoms with E-state index >= 15 is 0 Å². The van der Waals surface area contributed by atoms with Crippen molar-refractivity contribution in [2.24, 2.45) is 5.84 Å². The van der Waals surface area contributed by atoms with Crippen LogP contribution < -0.4 is 11.2 Å². The molecule has 0 aliphatic carbocycles. The minimum absolute atomic E-state index is 0.392. The van der Waals surface area contributed by atoms with E-state index in [0.29, 0.717) is 20.8 Å². The quantitative estimate of drug-likeness (QED) is 0.456. The molecular weight excluding hydrogens is 241 g/mol. The molecule has 0 aliphatic rings. The Labute approximate surface area is 97.7 Å². The third-order valence-corrected chi connectivity index (χ3v) is 2.26. The fraction of sp³-hybridized carbons (Fsp3) is 0.125. The number of halogens is 2. The molecule has 1 rings (SSSR count). The first-order valence-corrected chi connectivity index (χ1v) is 4.91. The molecule has 0 amide bonds. The van der Waals surface area contributed by atoms with Crippen molar-refractivity contribution in [1.82, 2.24) is 5.01 Å². The topological polar surface area (TPSA) is 41.3 Å². The van der Waals surface area contributed by atoms with Crippen LogP contribution in [0.25, 0.3) is 0 Å². The van der Waals surface area contributed by atoms with Gasteiger partial charge in [0.1, 0.15) is 0 Å². The molecule has 0 saturated heterocycles. The average Bonchev–Trinajstić information content (AvgIpc) is 2.01. The molecule has 6 heteroatoms. The summed E-state index contributed by atoms with van der Waals surface area (Å²) in [5.74, 6) is 5.42. The second-order valence-corrected chi connectivity index (χ2v) is 3.96. The fourth-order valence-corrected chi connectivity index (χ4v) is 1.48. The molecule has 0 bridgehead atoms. The molecule has 3 nitrogen and oxygen atoms in total. The van der Waals surface area contributed by atoms with E-state index in [9.17, 15) is 0 Å². The maximum atomic E-state index is 5.80. The van der Waals surface area contributed by atoms with Crippen LogP contribution in [-0.4, -0.2) is 17.2 Å².